The highest BCUT2D eigenvalue weighted by atomic mass is 32.1. The third-order valence-corrected chi connectivity index (χ3v) is 15.2. The summed E-state index contributed by atoms with van der Waals surface area (Å²) in [5.41, 5.74) is 10.6. The molecule has 1 N–H and O–H groups in total. The van der Waals surface area contributed by atoms with Gasteiger partial charge in [-0.25, -0.2) is 9.98 Å². The minimum atomic E-state index is -0.359. The third-order valence-electron chi connectivity index (χ3n) is 12.9. The van der Waals surface area contributed by atoms with Crippen molar-refractivity contribution in [2.45, 2.75) is 6.17 Å². The fraction of sp³-hybridized carbons (Fsp3) is 0.0175. The molecule has 5 nitrogen and oxygen atoms in total. The Morgan fingerprint density at radius 3 is 1.94 bits per heavy atom. The predicted octanol–water partition coefficient (Wildman–Crippen LogP) is 15.6. The van der Waals surface area contributed by atoms with Crippen molar-refractivity contribution in [3.05, 3.63) is 211 Å². The molecule has 64 heavy (non-hydrogen) atoms. The number of para-hydroxylation sites is 2. The molecule has 0 radical (unpaired) electrons. The minimum absolute atomic E-state index is 0.359. The maximum absolute atomic E-state index is 6.60. The SMILES string of the molecule is c1ccc(C2=NC(c3cccc4sc5ccc(-c6ccc7c(c6)oc6ccc(-n8c9ccccc9c9ccccc98)cc67)cc5c34)NC(c3ccc4sc5ccccc5c4c3)=N2)cc1. The molecular weight excluding hydrogens is 821 g/mol. The first-order chi connectivity index (χ1) is 31.7. The first kappa shape index (κ1) is 35.7. The lowest BCUT2D eigenvalue weighted by molar-refractivity contribution is 0.669. The van der Waals surface area contributed by atoms with Crippen LogP contribution in [0, 0.1) is 0 Å². The lowest BCUT2D eigenvalue weighted by Gasteiger charge is -2.24. The van der Waals surface area contributed by atoms with Gasteiger partial charge >= 0.3 is 0 Å². The van der Waals surface area contributed by atoms with Gasteiger partial charge in [-0.3, -0.25) is 0 Å². The van der Waals surface area contributed by atoms with E-state index in [1.54, 1.807) is 0 Å². The molecule has 0 bridgehead atoms. The first-order valence-electron chi connectivity index (χ1n) is 21.5. The molecule has 0 saturated heterocycles. The van der Waals surface area contributed by atoms with Gasteiger partial charge in [0.15, 0.2) is 5.84 Å². The van der Waals surface area contributed by atoms with Gasteiger partial charge in [0.1, 0.15) is 23.2 Å². The van der Waals surface area contributed by atoms with Gasteiger partial charge in [-0.2, -0.15) is 0 Å². The normalized spacial score (nSPS) is 14.4. The van der Waals surface area contributed by atoms with Crippen LogP contribution >= 0.6 is 22.7 Å². The van der Waals surface area contributed by atoms with Gasteiger partial charge < -0.3 is 14.3 Å². The Morgan fingerprint density at radius 2 is 1.09 bits per heavy atom. The van der Waals surface area contributed by atoms with Crippen molar-refractivity contribution in [1.82, 2.24) is 9.88 Å². The van der Waals surface area contributed by atoms with Gasteiger partial charge in [-0.15, -0.1) is 22.7 Å². The second kappa shape index (κ2) is 13.8. The lowest BCUT2D eigenvalue weighted by Crippen LogP contribution is -2.33. The van der Waals surface area contributed by atoms with Gasteiger partial charge in [0.05, 0.1) is 11.0 Å². The molecule has 5 heterocycles. The zero-order valence-electron chi connectivity index (χ0n) is 34.1. The van der Waals surface area contributed by atoms with E-state index < -0.39 is 0 Å². The molecule has 13 aromatic rings. The number of amidine groups is 2. The minimum Gasteiger partial charge on any atom is -0.456 e. The summed E-state index contributed by atoms with van der Waals surface area (Å²) in [5, 5.41) is 13.4. The Bertz CT molecular complexity index is 4080. The van der Waals surface area contributed by atoms with Crippen molar-refractivity contribution in [2.75, 3.05) is 0 Å². The van der Waals surface area contributed by atoms with Gasteiger partial charge in [0.25, 0.3) is 0 Å². The van der Waals surface area contributed by atoms with Crippen molar-refractivity contribution in [3.8, 4) is 16.8 Å². The Morgan fingerprint density at radius 1 is 0.438 bits per heavy atom. The predicted molar refractivity (Wildman–Crippen MR) is 271 cm³/mol. The molecule has 0 amide bonds. The van der Waals surface area contributed by atoms with Crippen LogP contribution in [0.5, 0.6) is 0 Å². The van der Waals surface area contributed by atoms with Crippen LogP contribution in [0.3, 0.4) is 0 Å². The van der Waals surface area contributed by atoms with Gasteiger partial charge in [0.2, 0.25) is 0 Å². The van der Waals surface area contributed by atoms with Crippen LogP contribution in [0.2, 0.25) is 0 Å². The average Bonchev–Trinajstić information content (AvgIpc) is 4.12. The van der Waals surface area contributed by atoms with E-state index in [4.69, 9.17) is 14.4 Å². The van der Waals surface area contributed by atoms with Crippen LogP contribution in [0.15, 0.2) is 209 Å². The number of hydrogen-bond donors (Lipinski definition) is 1. The number of furan rings is 1. The molecule has 0 aliphatic carbocycles. The van der Waals surface area contributed by atoms with E-state index in [1.165, 1.54) is 62.2 Å². The van der Waals surface area contributed by atoms with Crippen molar-refractivity contribution in [3.63, 3.8) is 0 Å². The van der Waals surface area contributed by atoms with E-state index in [9.17, 15) is 0 Å². The molecule has 1 aliphatic rings. The van der Waals surface area contributed by atoms with E-state index in [-0.39, 0.29) is 6.17 Å². The fourth-order valence-corrected chi connectivity index (χ4v) is 12.1. The number of benzene rings is 9. The maximum atomic E-state index is 6.60. The summed E-state index contributed by atoms with van der Waals surface area (Å²) in [6.45, 7) is 0. The Balaban J connectivity index is 0.868. The lowest BCUT2D eigenvalue weighted by atomic mass is 9.98. The largest absolute Gasteiger partial charge is 0.456 e. The molecule has 9 aromatic carbocycles. The van der Waals surface area contributed by atoms with Crippen LogP contribution < -0.4 is 5.32 Å². The number of rotatable bonds is 5. The van der Waals surface area contributed by atoms with Crippen molar-refractivity contribution in [2.24, 2.45) is 9.98 Å². The summed E-state index contributed by atoms with van der Waals surface area (Å²) >= 11 is 3.65. The molecule has 0 spiro atoms. The molecule has 4 aromatic heterocycles. The quantitative estimate of drug-likeness (QED) is 0.187. The van der Waals surface area contributed by atoms with Gasteiger partial charge in [-0.05, 0) is 96.1 Å². The first-order valence-corrected chi connectivity index (χ1v) is 23.1. The van der Waals surface area contributed by atoms with Gasteiger partial charge in [0, 0.05) is 84.3 Å². The molecule has 1 atom stereocenters. The molecule has 14 rings (SSSR count). The van der Waals surface area contributed by atoms with E-state index in [0.29, 0.717) is 5.84 Å². The number of fused-ring (bicyclic) bond motifs is 12. The summed E-state index contributed by atoms with van der Waals surface area (Å²) in [7, 11) is 0. The highest BCUT2D eigenvalue weighted by Gasteiger charge is 2.25. The summed E-state index contributed by atoms with van der Waals surface area (Å²) in [5.74, 6) is 1.53. The molecule has 300 valence electrons. The number of nitrogens with one attached hydrogen (secondary N) is 1. The Hall–Kier alpha value is -7.84. The summed E-state index contributed by atoms with van der Waals surface area (Å²) in [6, 6.07) is 69.6. The topological polar surface area (TPSA) is 54.8 Å². The van der Waals surface area contributed by atoms with Crippen LogP contribution in [-0.4, -0.2) is 16.2 Å². The van der Waals surface area contributed by atoms with Crippen LogP contribution in [0.4, 0.5) is 0 Å². The number of aromatic nitrogens is 1. The van der Waals surface area contributed by atoms with E-state index in [0.717, 1.165) is 61.3 Å². The summed E-state index contributed by atoms with van der Waals surface area (Å²) < 4.78 is 14.0. The summed E-state index contributed by atoms with van der Waals surface area (Å²) in [4.78, 5) is 10.5. The smallest absolute Gasteiger partial charge is 0.159 e. The summed E-state index contributed by atoms with van der Waals surface area (Å²) in [6.07, 6.45) is -0.359. The zero-order chi connectivity index (χ0) is 41.9. The highest BCUT2D eigenvalue weighted by molar-refractivity contribution is 7.26. The third kappa shape index (κ3) is 5.48. The zero-order valence-corrected chi connectivity index (χ0v) is 35.8. The number of nitrogens with zero attached hydrogens (tertiary/aromatic N) is 3. The van der Waals surface area contributed by atoms with Crippen molar-refractivity contribution < 1.29 is 4.42 Å². The molecule has 0 fully saturated rings. The van der Waals surface area contributed by atoms with Crippen molar-refractivity contribution in [1.29, 1.82) is 0 Å². The fourth-order valence-electron chi connectivity index (χ4n) is 9.89. The molecule has 1 unspecified atom stereocenters. The molecule has 1 aliphatic heterocycles. The second-order valence-corrected chi connectivity index (χ2v) is 18.7. The van der Waals surface area contributed by atoms with Crippen LogP contribution in [0.1, 0.15) is 22.9 Å². The van der Waals surface area contributed by atoms with Crippen LogP contribution in [-0.2, 0) is 0 Å². The highest BCUT2D eigenvalue weighted by Crippen LogP contribution is 2.43. The number of aliphatic imine (C=N–C) groups is 2. The van der Waals surface area contributed by atoms with E-state index >= 15 is 0 Å². The molecular formula is C57H34N4OS2. The van der Waals surface area contributed by atoms with Crippen LogP contribution in [0.25, 0.3) is 101 Å². The Kier molecular flexibility index (Phi) is 7.72. The van der Waals surface area contributed by atoms with E-state index in [1.807, 2.05) is 28.7 Å². The standard InChI is InChI=1S/C57H34N4OS2/c1-2-11-33(12-3-1)55-58-56(36-23-28-51-44(30-36)41-15-6-9-19-50(41)63-51)60-57(59-55)42-16-10-20-53-54(42)45-29-34(22-27-52(45)64-53)35-21-25-40-43-32-37(24-26-48(43)62-49(40)31-35)61-46-17-7-4-13-38(46)39-14-5-8-18-47(39)61/h1-32,57H,(H,58,59,60). The average molecular weight is 855 g/mol. The number of thiophene rings is 2. The second-order valence-electron chi connectivity index (χ2n) is 16.5. The number of hydrogen-bond acceptors (Lipinski definition) is 6. The van der Waals surface area contributed by atoms with E-state index in [2.05, 4.69) is 198 Å². The Labute approximate surface area is 374 Å². The van der Waals surface area contributed by atoms with Crippen molar-refractivity contribution >= 4 is 118 Å². The monoisotopic (exact) mass is 854 g/mol. The molecule has 7 heteroatoms. The molecule has 0 saturated carbocycles. The van der Waals surface area contributed by atoms with Gasteiger partial charge in [-0.1, -0.05) is 109 Å². The maximum Gasteiger partial charge on any atom is 0.159 e.